The number of rotatable bonds is 2. The van der Waals surface area contributed by atoms with Crippen LogP contribution in [0.1, 0.15) is 70.6 Å². The van der Waals surface area contributed by atoms with Crippen LogP contribution < -0.4 is 5.32 Å². The Kier molecular flexibility index (Phi) is 5.30. The highest BCUT2D eigenvalue weighted by Gasteiger charge is 2.22. The Morgan fingerprint density at radius 3 is 2.29 bits per heavy atom. The first-order valence-electron chi connectivity index (χ1n) is 7.37. The molecule has 2 rings (SSSR count). The molecule has 2 fully saturated rings. The number of hydrogen-bond acceptors (Lipinski definition) is 3. The van der Waals surface area contributed by atoms with Crippen molar-refractivity contribution in [2.24, 2.45) is 5.16 Å². The van der Waals surface area contributed by atoms with Gasteiger partial charge in [0.05, 0.1) is 5.71 Å². The largest absolute Gasteiger partial charge is 0.411 e. The van der Waals surface area contributed by atoms with Crippen LogP contribution in [0.2, 0.25) is 0 Å². The van der Waals surface area contributed by atoms with Gasteiger partial charge in [-0.15, -0.1) is 0 Å². The van der Waals surface area contributed by atoms with Gasteiger partial charge in [-0.1, -0.05) is 43.7 Å². The van der Waals surface area contributed by atoms with Crippen molar-refractivity contribution >= 4 is 5.71 Å². The summed E-state index contributed by atoms with van der Waals surface area (Å²) in [7, 11) is 0. The van der Waals surface area contributed by atoms with Crippen LogP contribution in [0.4, 0.5) is 0 Å². The second-order valence-electron chi connectivity index (χ2n) is 5.60. The topological polar surface area (TPSA) is 44.6 Å². The van der Waals surface area contributed by atoms with E-state index in [1.807, 2.05) is 0 Å². The van der Waals surface area contributed by atoms with E-state index in [2.05, 4.69) is 10.5 Å². The molecule has 98 valence electrons. The lowest BCUT2D eigenvalue weighted by Crippen LogP contribution is -2.44. The molecule has 0 aromatic carbocycles. The van der Waals surface area contributed by atoms with Gasteiger partial charge in [0.25, 0.3) is 0 Å². The minimum Gasteiger partial charge on any atom is -0.411 e. The van der Waals surface area contributed by atoms with E-state index in [1.54, 1.807) is 0 Å². The number of hydrogen-bond donors (Lipinski definition) is 2. The summed E-state index contributed by atoms with van der Waals surface area (Å²) < 4.78 is 0. The maximum absolute atomic E-state index is 9.16. The van der Waals surface area contributed by atoms with E-state index in [0.717, 1.165) is 18.6 Å². The van der Waals surface area contributed by atoms with Crippen LogP contribution >= 0.6 is 0 Å². The maximum atomic E-state index is 9.16. The fourth-order valence-corrected chi connectivity index (χ4v) is 3.20. The fourth-order valence-electron chi connectivity index (χ4n) is 3.20. The van der Waals surface area contributed by atoms with E-state index in [9.17, 15) is 0 Å². The van der Waals surface area contributed by atoms with Gasteiger partial charge in [0.15, 0.2) is 0 Å². The number of nitrogens with zero attached hydrogens (tertiary/aromatic N) is 1. The van der Waals surface area contributed by atoms with E-state index in [0.29, 0.717) is 12.1 Å². The molecule has 0 radical (unpaired) electrons. The third kappa shape index (κ3) is 3.98. The summed E-state index contributed by atoms with van der Waals surface area (Å²) in [4.78, 5) is 0. The highest BCUT2D eigenvalue weighted by molar-refractivity contribution is 5.89. The summed E-state index contributed by atoms with van der Waals surface area (Å²) in [5, 5.41) is 16.4. The molecule has 0 bridgehead atoms. The Morgan fingerprint density at radius 1 is 0.882 bits per heavy atom. The second kappa shape index (κ2) is 7.00. The fraction of sp³-hybridized carbons (Fsp3) is 0.929. The highest BCUT2D eigenvalue weighted by atomic mass is 16.4. The minimum absolute atomic E-state index is 0.336. The average Bonchev–Trinajstić information content (AvgIpc) is 2.34. The van der Waals surface area contributed by atoms with Gasteiger partial charge in [0.1, 0.15) is 0 Å². The summed E-state index contributed by atoms with van der Waals surface area (Å²) in [5.74, 6) is 0. The molecule has 1 atom stereocenters. The predicted molar refractivity (Wildman–Crippen MR) is 70.7 cm³/mol. The van der Waals surface area contributed by atoms with Crippen LogP contribution in [0, 0.1) is 0 Å². The molecular weight excluding hydrogens is 212 g/mol. The maximum Gasteiger partial charge on any atom is 0.0739 e. The molecule has 0 saturated heterocycles. The lowest BCUT2D eigenvalue weighted by atomic mass is 9.91. The van der Waals surface area contributed by atoms with Crippen molar-refractivity contribution in [3.8, 4) is 0 Å². The Bertz CT molecular complexity index is 247. The molecule has 3 nitrogen and oxygen atoms in total. The predicted octanol–water partition coefficient (Wildman–Crippen LogP) is 3.46. The molecular formula is C14H26N2O. The van der Waals surface area contributed by atoms with Crippen molar-refractivity contribution in [1.29, 1.82) is 0 Å². The molecule has 0 spiro atoms. The third-order valence-electron chi connectivity index (χ3n) is 4.25. The van der Waals surface area contributed by atoms with Crippen molar-refractivity contribution in [1.82, 2.24) is 5.32 Å². The van der Waals surface area contributed by atoms with Gasteiger partial charge in [0, 0.05) is 12.1 Å². The molecule has 0 aromatic rings. The summed E-state index contributed by atoms with van der Waals surface area (Å²) in [6.45, 7) is 0. The monoisotopic (exact) mass is 238 g/mol. The summed E-state index contributed by atoms with van der Waals surface area (Å²) in [5.41, 5.74) is 0.996. The van der Waals surface area contributed by atoms with Crippen LogP contribution in [-0.4, -0.2) is 23.0 Å². The van der Waals surface area contributed by atoms with Crippen LogP contribution in [-0.2, 0) is 0 Å². The van der Waals surface area contributed by atoms with Crippen LogP contribution in [0.15, 0.2) is 5.16 Å². The lowest BCUT2D eigenvalue weighted by Gasteiger charge is -2.30. The van der Waals surface area contributed by atoms with E-state index >= 15 is 0 Å². The van der Waals surface area contributed by atoms with E-state index < -0.39 is 0 Å². The average molecular weight is 238 g/mol. The van der Waals surface area contributed by atoms with Gasteiger partial charge in [-0.2, -0.15) is 0 Å². The summed E-state index contributed by atoms with van der Waals surface area (Å²) in [6.07, 6.45) is 13.9. The molecule has 17 heavy (non-hydrogen) atoms. The standard InChI is InChI=1S/C14H26N2O/c17-16-14-11-7-2-1-6-10-13(14)15-12-8-4-3-5-9-12/h12-13,15,17H,1-11H2. The lowest BCUT2D eigenvalue weighted by molar-refractivity contribution is 0.304. The van der Waals surface area contributed by atoms with Crippen molar-refractivity contribution in [2.45, 2.75) is 82.7 Å². The van der Waals surface area contributed by atoms with Gasteiger partial charge >= 0.3 is 0 Å². The highest BCUT2D eigenvalue weighted by Crippen LogP contribution is 2.21. The molecule has 0 aromatic heterocycles. The Hall–Kier alpha value is -0.570. The zero-order valence-corrected chi connectivity index (χ0v) is 10.8. The Labute approximate surface area is 105 Å². The van der Waals surface area contributed by atoms with E-state index in [1.165, 1.54) is 57.8 Å². The van der Waals surface area contributed by atoms with Gasteiger partial charge in [-0.3, -0.25) is 0 Å². The third-order valence-corrected chi connectivity index (χ3v) is 4.25. The molecule has 2 saturated carbocycles. The molecule has 0 amide bonds. The summed E-state index contributed by atoms with van der Waals surface area (Å²) in [6, 6.07) is 0.994. The van der Waals surface area contributed by atoms with Crippen LogP contribution in [0.5, 0.6) is 0 Å². The van der Waals surface area contributed by atoms with Crippen LogP contribution in [0.25, 0.3) is 0 Å². The van der Waals surface area contributed by atoms with Crippen molar-refractivity contribution < 1.29 is 5.21 Å². The smallest absolute Gasteiger partial charge is 0.0739 e. The van der Waals surface area contributed by atoms with Crippen molar-refractivity contribution in [2.75, 3.05) is 0 Å². The van der Waals surface area contributed by atoms with Crippen molar-refractivity contribution in [3.63, 3.8) is 0 Å². The molecule has 2 N–H and O–H groups in total. The number of nitrogens with one attached hydrogen (secondary N) is 1. The van der Waals surface area contributed by atoms with Gasteiger partial charge in [-0.05, 0) is 32.1 Å². The van der Waals surface area contributed by atoms with E-state index in [4.69, 9.17) is 5.21 Å². The molecule has 1 unspecified atom stereocenters. The molecule has 2 aliphatic rings. The molecule has 3 heteroatoms. The zero-order valence-electron chi connectivity index (χ0n) is 10.8. The molecule has 2 aliphatic carbocycles. The zero-order chi connectivity index (χ0) is 11.9. The molecule has 0 aliphatic heterocycles. The Balaban J connectivity index is 1.89. The van der Waals surface area contributed by atoms with Crippen LogP contribution in [0.3, 0.4) is 0 Å². The normalized spacial score (nSPS) is 31.1. The van der Waals surface area contributed by atoms with Gasteiger partial charge in [0.2, 0.25) is 0 Å². The number of oxime groups is 1. The summed E-state index contributed by atoms with van der Waals surface area (Å²) >= 11 is 0. The van der Waals surface area contributed by atoms with Crippen molar-refractivity contribution in [3.05, 3.63) is 0 Å². The molecule has 0 heterocycles. The van der Waals surface area contributed by atoms with Gasteiger partial charge < -0.3 is 10.5 Å². The first-order valence-corrected chi connectivity index (χ1v) is 7.37. The quantitative estimate of drug-likeness (QED) is 0.571. The Morgan fingerprint density at radius 2 is 1.53 bits per heavy atom. The SMILES string of the molecule is ON=C1CCCCCCC1NC1CCCCC1. The van der Waals surface area contributed by atoms with E-state index in [-0.39, 0.29) is 0 Å². The second-order valence-corrected chi connectivity index (χ2v) is 5.60. The first-order chi connectivity index (χ1) is 8.40. The van der Waals surface area contributed by atoms with Gasteiger partial charge in [-0.25, -0.2) is 0 Å². The minimum atomic E-state index is 0.336. The first kappa shape index (κ1) is 12.9.